The predicted octanol–water partition coefficient (Wildman–Crippen LogP) is 2.11. The van der Waals surface area contributed by atoms with Crippen LogP contribution in [-0.2, 0) is 9.84 Å². The highest BCUT2D eigenvalue weighted by molar-refractivity contribution is 7.91. The predicted molar refractivity (Wildman–Crippen MR) is 86.9 cm³/mol. The van der Waals surface area contributed by atoms with E-state index < -0.39 is 9.84 Å². The first-order valence-corrected chi connectivity index (χ1v) is 9.73. The zero-order valence-electron chi connectivity index (χ0n) is 11.8. The van der Waals surface area contributed by atoms with Gasteiger partial charge in [0.1, 0.15) is 20.5 Å². The molecule has 0 aromatic carbocycles. The molecule has 1 fully saturated rings. The molecule has 2 N–H and O–H groups in total. The van der Waals surface area contributed by atoms with E-state index in [0.29, 0.717) is 18.8 Å². The lowest BCUT2D eigenvalue weighted by Crippen LogP contribution is -2.32. The minimum absolute atomic E-state index is 0.154. The van der Waals surface area contributed by atoms with Crippen LogP contribution in [0, 0.1) is 0 Å². The Morgan fingerprint density at radius 3 is 2.81 bits per heavy atom. The number of hydrogen-bond acceptors (Lipinski definition) is 7. The second-order valence-corrected chi connectivity index (χ2v) is 8.33. The average molecular weight is 326 g/mol. The molecule has 6 nitrogen and oxygen atoms in total. The second kappa shape index (κ2) is 5.76. The van der Waals surface area contributed by atoms with E-state index >= 15 is 0 Å². The Labute approximate surface area is 127 Å². The minimum atomic E-state index is -2.84. The van der Waals surface area contributed by atoms with Crippen molar-refractivity contribution in [3.63, 3.8) is 0 Å². The lowest BCUT2D eigenvalue weighted by Gasteiger charge is -2.24. The van der Waals surface area contributed by atoms with Crippen LogP contribution in [0.4, 0.5) is 11.8 Å². The number of anilines is 2. The lowest BCUT2D eigenvalue weighted by atomic mass is 10.1. The number of aromatic nitrogens is 2. The summed E-state index contributed by atoms with van der Waals surface area (Å²) in [4.78, 5) is 9.92. The number of sulfone groups is 1. The number of nitrogens with zero attached hydrogens (tertiary/aromatic N) is 2. The van der Waals surface area contributed by atoms with Gasteiger partial charge in [0.15, 0.2) is 0 Å². The lowest BCUT2D eigenvalue weighted by molar-refractivity contribution is 0.559. The van der Waals surface area contributed by atoms with Gasteiger partial charge in [0, 0.05) is 12.6 Å². The molecule has 0 radical (unpaired) electrons. The van der Waals surface area contributed by atoms with E-state index in [1.54, 1.807) is 11.3 Å². The van der Waals surface area contributed by atoms with E-state index in [4.69, 9.17) is 0 Å². The van der Waals surface area contributed by atoms with Gasteiger partial charge >= 0.3 is 0 Å². The molecular formula is C13H18N4O2S2. The molecule has 1 aliphatic heterocycles. The van der Waals surface area contributed by atoms with Gasteiger partial charge in [-0.3, -0.25) is 0 Å². The Balaban J connectivity index is 1.84. The van der Waals surface area contributed by atoms with E-state index in [9.17, 15) is 8.42 Å². The molecule has 2 aromatic heterocycles. The Hall–Kier alpha value is -1.41. The van der Waals surface area contributed by atoms with Crippen LogP contribution >= 0.6 is 11.3 Å². The van der Waals surface area contributed by atoms with E-state index in [1.807, 2.05) is 18.4 Å². The zero-order chi connectivity index (χ0) is 14.9. The first-order valence-electron chi connectivity index (χ1n) is 7.03. The van der Waals surface area contributed by atoms with E-state index in [-0.39, 0.29) is 17.5 Å². The minimum Gasteiger partial charge on any atom is -0.367 e. The summed E-state index contributed by atoms with van der Waals surface area (Å²) >= 11 is 1.58. The first kappa shape index (κ1) is 14.5. The number of rotatable bonds is 4. The fraction of sp³-hybridized carbons (Fsp3) is 0.538. The molecular weight excluding hydrogens is 308 g/mol. The molecule has 3 rings (SSSR count). The molecule has 0 spiro atoms. The van der Waals surface area contributed by atoms with Crippen molar-refractivity contribution < 1.29 is 8.42 Å². The van der Waals surface area contributed by atoms with Crippen molar-refractivity contribution in [1.82, 2.24) is 9.97 Å². The molecule has 8 heteroatoms. The van der Waals surface area contributed by atoms with Gasteiger partial charge in [-0.15, -0.1) is 11.3 Å². The maximum Gasteiger partial charge on any atom is 0.226 e. The Morgan fingerprint density at radius 2 is 2.10 bits per heavy atom. The molecule has 2 aromatic rings. The van der Waals surface area contributed by atoms with E-state index in [1.165, 1.54) is 0 Å². The Bertz CT molecular complexity index is 728. The van der Waals surface area contributed by atoms with Crippen molar-refractivity contribution in [3.05, 3.63) is 11.4 Å². The van der Waals surface area contributed by atoms with Gasteiger partial charge in [-0.1, -0.05) is 0 Å². The van der Waals surface area contributed by atoms with Crippen LogP contribution in [0.2, 0.25) is 0 Å². The third-order valence-corrected chi connectivity index (χ3v) is 6.08. The molecule has 0 saturated carbocycles. The number of thiophene rings is 1. The summed E-state index contributed by atoms with van der Waals surface area (Å²) in [5, 5.41) is 9.51. The molecule has 0 bridgehead atoms. The maximum absolute atomic E-state index is 11.5. The van der Waals surface area contributed by atoms with Crippen molar-refractivity contribution in [3.8, 4) is 0 Å². The number of nitrogens with one attached hydrogen (secondary N) is 2. The van der Waals surface area contributed by atoms with Gasteiger partial charge < -0.3 is 10.6 Å². The van der Waals surface area contributed by atoms with Crippen molar-refractivity contribution in [2.75, 3.05) is 28.7 Å². The number of hydrogen-bond donors (Lipinski definition) is 2. The van der Waals surface area contributed by atoms with Gasteiger partial charge in [0.2, 0.25) is 5.95 Å². The summed E-state index contributed by atoms with van der Waals surface area (Å²) < 4.78 is 23.0. The molecule has 21 heavy (non-hydrogen) atoms. The first-order chi connectivity index (χ1) is 10.1. The summed E-state index contributed by atoms with van der Waals surface area (Å²) in [6.45, 7) is 2.76. The standard InChI is InChI=1S/C13H18N4O2S2/c1-2-14-13-16-11(10-3-6-20-12(10)17-13)15-9-4-7-21(18,19)8-5-9/h3,6,9H,2,4-5,7-8H2,1H3,(H2,14,15,16,17). The molecule has 0 atom stereocenters. The SMILES string of the molecule is CCNc1nc(NC2CCS(=O)(=O)CC2)c2ccsc2n1. The topological polar surface area (TPSA) is 84.0 Å². The van der Waals surface area contributed by atoms with Gasteiger partial charge in [-0.2, -0.15) is 4.98 Å². The molecule has 0 amide bonds. The highest BCUT2D eigenvalue weighted by atomic mass is 32.2. The van der Waals surface area contributed by atoms with Crippen LogP contribution in [0.25, 0.3) is 10.2 Å². The van der Waals surface area contributed by atoms with Crippen LogP contribution < -0.4 is 10.6 Å². The van der Waals surface area contributed by atoms with Crippen LogP contribution in [0.5, 0.6) is 0 Å². The third-order valence-electron chi connectivity index (χ3n) is 3.56. The van der Waals surface area contributed by atoms with E-state index in [0.717, 1.165) is 22.6 Å². The van der Waals surface area contributed by atoms with Crippen molar-refractivity contribution in [2.45, 2.75) is 25.8 Å². The highest BCUT2D eigenvalue weighted by Crippen LogP contribution is 2.28. The summed E-state index contributed by atoms with van der Waals surface area (Å²) in [5.41, 5.74) is 0. The number of fused-ring (bicyclic) bond motifs is 1. The Kier molecular flexibility index (Phi) is 3.99. The van der Waals surface area contributed by atoms with Gasteiger partial charge in [0.05, 0.1) is 16.9 Å². The normalized spacial score (nSPS) is 18.7. The summed E-state index contributed by atoms with van der Waals surface area (Å²) in [6, 6.07) is 2.15. The molecule has 0 aliphatic carbocycles. The largest absolute Gasteiger partial charge is 0.367 e. The molecule has 1 aliphatic rings. The molecule has 3 heterocycles. The van der Waals surface area contributed by atoms with Crippen molar-refractivity contribution in [2.24, 2.45) is 0 Å². The summed E-state index contributed by atoms with van der Waals surface area (Å²) in [7, 11) is -2.84. The third kappa shape index (κ3) is 3.26. The second-order valence-electron chi connectivity index (χ2n) is 5.14. The van der Waals surface area contributed by atoms with Crippen LogP contribution in [0.3, 0.4) is 0 Å². The van der Waals surface area contributed by atoms with Crippen LogP contribution in [-0.4, -0.2) is 42.5 Å². The summed E-state index contributed by atoms with van der Waals surface area (Å²) in [5.74, 6) is 1.91. The van der Waals surface area contributed by atoms with Gasteiger partial charge in [0.25, 0.3) is 0 Å². The highest BCUT2D eigenvalue weighted by Gasteiger charge is 2.24. The van der Waals surface area contributed by atoms with Crippen molar-refractivity contribution in [1.29, 1.82) is 0 Å². The summed E-state index contributed by atoms with van der Waals surface area (Å²) in [6.07, 6.45) is 1.27. The van der Waals surface area contributed by atoms with Crippen LogP contribution in [0.15, 0.2) is 11.4 Å². The van der Waals surface area contributed by atoms with Crippen molar-refractivity contribution >= 4 is 43.2 Å². The molecule has 0 unspecified atom stereocenters. The average Bonchev–Trinajstić information content (AvgIpc) is 2.90. The van der Waals surface area contributed by atoms with Gasteiger partial charge in [-0.05, 0) is 31.2 Å². The fourth-order valence-electron chi connectivity index (χ4n) is 2.43. The molecule has 114 valence electrons. The smallest absolute Gasteiger partial charge is 0.226 e. The quantitative estimate of drug-likeness (QED) is 0.895. The van der Waals surface area contributed by atoms with Crippen LogP contribution in [0.1, 0.15) is 19.8 Å². The van der Waals surface area contributed by atoms with E-state index in [2.05, 4.69) is 20.6 Å². The Morgan fingerprint density at radius 1 is 1.33 bits per heavy atom. The maximum atomic E-state index is 11.5. The van der Waals surface area contributed by atoms with Gasteiger partial charge in [-0.25, -0.2) is 13.4 Å². The monoisotopic (exact) mass is 326 g/mol. The fourth-order valence-corrected chi connectivity index (χ4v) is 4.69. The molecule has 1 saturated heterocycles. The zero-order valence-corrected chi connectivity index (χ0v) is 13.4.